The third-order valence-electron chi connectivity index (χ3n) is 3.51. The summed E-state index contributed by atoms with van der Waals surface area (Å²) in [5, 5.41) is 12.4. The summed E-state index contributed by atoms with van der Waals surface area (Å²) in [6, 6.07) is 7.04. The Morgan fingerprint density at radius 3 is 2.75 bits per heavy atom. The van der Waals surface area contributed by atoms with E-state index in [2.05, 4.69) is 12.2 Å². The third-order valence-corrected chi connectivity index (χ3v) is 3.51. The molecule has 16 heavy (non-hydrogen) atoms. The first-order valence-electron chi connectivity index (χ1n) is 5.77. The zero-order chi connectivity index (χ0) is 11.6. The smallest absolute Gasteiger partial charge is 0.335 e. The van der Waals surface area contributed by atoms with Gasteiger partial charge in [-0.15, -0.1) is 0 Å². The molecule has 1 saturated carbocycles. The van der Waals surface area contributed by atoms with E-state index in [1.54, 1.807) is 18.2 Å². The monoisotopic (exact) mass is 219 g/mol. The van der Waals surface area contributed by atoms with Crippen molar-refractivity contribution in [2.45, 2.75) is 38.1 Å². The first-order chi connectivity index (χ1) is 7.65. The molecule has 3 heteroatoms. The van der Waals surface area contributed by atoms with Crippen LogP contribution in [-0.2, 0) is 0 Å². The molecular weight excluding hydrogens is 202 g/mol. The normalized spacial score (nSPS) is 17.6. The van der Waals surface area contributed by atoms with E-state index in [-0.39, 0.29) is 5.54 Å². The minimum Gasteiger partial charge on any atom is -0.478 e. The molecule has 1 aromatic rings. The molecule has 2 rings (SSSR count). The molecule has 3 nitrogen and oxygen atoms in total. The Morgan fingerprint density at radius 2 is 2.25 bits per heavy atom. The molecule has 1 fully saturated rings. The molecule has 0 amide bonds. The van der Waals surface area contributed by atoms with Crippen LogP contribution >= 0.6 is 0 Å². The highest BCUT2D eigenvalue weighted by molar-refractivity contribution is 5.88. The number of carbonyl (C=O) groups is 1. The molecule has 0 spiro atoms. The van der Waals surface area contributed by atoms with Crippen LogP contribution in [0, 0.1) is 0 Å². The van der Waals surface area contributed by atoms with Crippen LogP contribution in [0.25, 0.3) is 0 Å². The van der Waals surface area contributed by atoms with E-state index in [0.717, 1.165) is 12.1 Å². The summed E-state index contributed by atoms with van der Waals surface area (Å²) in [5.41, 5.74) is 1.47. The van der Waals surface area contributed by atoms with Gasteiger partial charge in [0.15, 0.2) is 0 Å². The molecule has 0 saturated heterocycles. The summed E-state index contributed by atoms with van der Waals surface area (Å²) in [6.45, 7) is 2.17. The van der Waals surface area contributed by atoms with Gasteiger partial charge in [0, 0.05) is 11.2 Å². The number of hydrogen-bond acceptors (Lipinski definition) is 2. The Labute approximate surface area is 95.5 Å². The van der Waals surface area contributed by atoms with Crippen molar-refractivity contribution in [3.05, 3.63) is 29.8 Å². The summed E-state index contributed by atoms with van der Waals surface area (Å²) >= 11 is 0. The number of nitrogens with one attached hydrogen (secondary N) is 1. The summed E-state index contributed by atoms with van der Waals surface area (Å²) in [7, 11) is 0. The lowest BCUT2D eigenvalue weighted by atomic mass is 9.74. The Balaban J connectivity index is 2.15. The first kappa shape index (κ1) is 11.0. The number of carboxylic acids is 1. The van der Waals surface area contributed by atoms with Gasteiger partial charge in [-0.2, -0.15) is 0 Å². The van der Waals surface area contributed by atoms with Crippen molar-refractivity contribution in [1.82, 2.24) is 0 Å². The van der Waals surface area contributed by atoms with Crippen molar-refractivity contribution in [2.75, 3.05) is 5.32 Å². The second-order valence-electron chi connectivity index (χ2n) is 4.50. The fourth-order valence-electron chi connectivity index (χ4n) is 2.21. The molecule has 0 atom stereocenters. The van der Waals surface area contributed by atoms with Gasteiger partial charge < -0.3 is 10.4 Å². The van der Waals surface area contributed by atoms with Gasteiger partial charge >= 0.3 is 5.97 Å². The number of aromatic carboxylic acids is 1. The molecule has 0 radical (unpaired) electrons. The Bertz CT molecular complexity index is 391. The number of hydrogen-bond donors (Lipinski definition) is 2. The van der Waals surface area contributed by atoms with Gasteiger partial charge in [0.05, 0.1) is 5.56 Å². The van der Waals surface area contributed by atoms with Gasteiger partial charge in [0.2, 0.25) is 0 Å². The van der Waals surface area contributed by atoms with Crippen LogP contribution in [0.4, 0.5) is 5.69 Å². The Kier molecular flexibility index (Phi) is 2.86. The van der Waals surface area contributed by atoms with E-state index in [4.69, 9.17) is 5.11 Å². The molecule has 1 aromatic carbocycles. The van der Waals surface area contributed by atoms with Gasteiger partial charge in [-0.1, -0.05) is 13.0 Å². The SMILES string of the molecule is CCC1(Nc2cccc(C(=O)O)c2)CCC1. The van der Waals surface area contributed by atoms with E-state index in [0.29, 0.717) is 5.56 Å². The summed E-state index contributed by atoms with van der Waals surface area (Å²) in [6.07, 6.45) is 4.71. The van der Waals surface area contributed by atoms with Crippen molar-refractivity contribution in [3.63, 3.8) is 0 Å². The van der Waals surface area contributed by atoms with Crippen LogP contribution in [0.15, 0.2) is 24.3 Å². The first-order valence-corrected chi connectivity index (χ1v) is 5.77. The van der Waals surface area contributed by atoms with E-state index in [9.17, 15) is 4.79 Å². The van der Waals surface area contributed by atoms with Crippen LogP contribution in [-0.4, -0.2) is 16.6 Å². The average molecular weight is 219 g/mol. The van der Waals surface area contributed by atoms with Gasteiger partial charge in [-0.25, -0.2) is 4.79 Å². The zero-order valence-electron chi connectivity index (χ0n) is 9.49. The van der Waals surface area contributed by atoms with Gasteiger partial charge in [-0.3, -0.25) is 0 Å². The third kappa shape index (κ3) is 2.03. The molecule has 0 aromatic heterocycles. The maximum Gasteiger partial charge on any atom is 0.335 e. The van der Waals surface area contributed by atoms with Crippen LogP contribution in [0.3, 0.4) is 0 Å². The summed E-state index contributed by atoms with van der Waals surface area (Å²) < 4.78 is 0. The van der Waals surface area contributed by atoms with Crippen molar-refractivity contribution >= 4 is 11.7 Å². The largest absolute Gasteiger partial charge is 0.478 e. The summed E-state index contributed by atoms with van der Waals surface area (Å²) in [5.74, 6) is -0.872. The second kappa shape index (κ2) is 4.16. The molecule has 0 aliphatic heterocycles. The quantitative estimate of drug-likeness (QED) is 0.818. The molecule has 2 N–H and O–H groups in total. The van der Waals surface area contributed by atoms with E-state index >= 15 is 0 Å². The van der Waals surface area contributed by atoms with Crippen molar-refractivity contribution in [3.8, 4) is 0 Å². The fourth-order valence-corrected chi connectivity index (χ4v) is 2.21. The number of benzene rings is 1. The molecule has 0 bridgehead atoms. The van der Waals surface area contributed by atoms with Gasteiger partial charge in [0.1, 0.15) is 0 Å². The molecule has 86 valence electrons. The molecule has 0 unspecified atom stereocenters. The average Bonchev–Trinajstić information content (AvgIpc) is 2.24. The Morgan fingerprint density at radius 1 is 1.50 bits per heavy atom. The van der Waals surface area contributed by atoms with Gasteiger partial charge in [0.25, 0.3) is 0 Å². The van der Waals surface area contributed by atoms with Crippen LogP contribution in [0.1, 0.15) is 43.0 Å². The van der Waals surface area contributed by atoms with Crippen LogP contribution < -0.4 is 5.32 Å². The topological polar surface area (TPSA) is 49.3 Å². The zero-order valence-corrected chi connectivity index (χ0v) is 9.49. The predicted octanol–water partition coefficient (Wildman–Crippen LogP) is 3.13. The highest BCUT2D eigenvalue weighted by Gasteiger charge is 2.34. The highest BCUT2D eigenvalue weighted by atomic mass is 16.4. The lowest BCUT2D eigenvalue weighted by Crippen LogP contribution is -2.44. The standard InChI is InChI=1S/C13H17NO2/c1-2-13(7-4-8-13)14-11-6-3-5-10(9-11)12(15)16/h3,5-6,9,14H,2,4,7-8H2,1H3,(H,15,16). The maximum atomic E-state index is 10.8. The van der Waals surface area contributed by atoms with Crippen LogP contribution in [0.2, 0.25) is 0 Å². The number of anilines is 1. The summed E-state index contributed by atoms with van der Waals surface area (Å²) in [4.78, 5) is 10.8. The fraction of sp³-hybridized carbons (Fsp3) is 0.462. The lowest BCUT2D eigenvalue weighted by molar-refractivity contribution is 0.0697. The minimum absolute atomic E-state index is 0.205. The second-order valence-corrected chi connectivity index (χ2v) is 4.50. The van der Waals surface area contributed by atoms with Crippen molar-refractivity contribution < 1.29 is 9.90 Å². The van der Waals surface area contributed by atoms with Crippen molar-refractivity contribution in [1.29, 1.82) is 0 Å². The number of rotatable bonds is 4. The van der Waals surface area contributed by atoms with Crippen LogP contribution in [0.5, 0.6) is 0 Å². The maximum absolute atomic E-state index is 10.8. The molecular formula is C13H17NO2. The minimum atomic E-state index is -0.872. The molecule has 1 aliphatic carbocycles. The van der Waals surface area contributed by atoms with E-state index < -0.39 is 5.97 Å². The van der Waals surface area contributed by atoms with Crippen molar-refractivity contribution in [2.24, 2.45) is 0 Å². The predicted molar refractivity (Wildman–Crippen MR) is 63.9 cm³/mol. The Hall–Kier alpha value is -1.51. The van der Waals surface area contributed by atoms with E-state index in [1.807, 2.05) is 6.07 Å². The van der Waals surface area contributed by atoms with E-state index in [1.165, 1.54) is 19.3 Å². The highest BCUT2D eigenvalue weighted by Crippen LogP contribution is 2.37. The number of carboxylic acid groups (broad SMARTS) is 1. The lowest BCUT2D eigenvalue weighted by Gasteiger charge is -2.43. The molecule has 1 aliphatic rings. The van der Waals surface area contributed by atoms with Gasteiger partial charge in [-0.05, 0) is 43.9 Å². The molecule has 0 heterocycles.